The molecule has 0 unspecified atom stereocenters. The number of halogens is 2. The van der Waals surface area contributed by atoms with Gasteiger partial charge in [0.05, 0.1) is 0 Å². The van der Waals surface area contributed by atoms with Crippen LogP contribution in [0.5, 0.6) is 0 Å². The Morgan fingerprint density at radius 1 is 1.44 bits per heavy atom. The third-order valence-electron chi connectivity index (χ3n) is 2.95. The molecule has 0 aliphatic carbocycles. The number of benzene rings is 1. The van der Waals surface area contributed by atoms with E-state index in [0.29, 0.717) is 0 Å². The van der Waals surface area contributed by atoms with E-state index >= 15 is 0 Å². The Morgan fingerprint density at radius 3 is 3.00 bits per heavy atom. The molecule has 1 aliphatic rings. The van der Waals surface area contributed by atoms with Crippen LogP contribution in [0.1, 0.15) is 18.9 Å². The van der Waals surface area contributed by atoms with E-state index in [0.717, 1.165) is 41.7 Å². The highest BCUT2D eigenvalue weighted by Crippen LogP contribution is 2.25. The summed E-state index contributed by atoms with van der Waals surface area (Å²) < 4.78 is 14.6. The molecule has 0 saturated heterocycles. The lowest BCUT2D eigenvalue weighted by atomic mass is 10.0. The topological polar surface area (TPSA) is 3.24 Å². The second kappa shape index (κ2) is 5.11. The average Bonchev–Trinajstić information content (AvgIpc) is 2.32. The zero-order valence-electron chi connectivity index (χ0n) is 9.34. The van der Waals surface area contributed by atoms with Crippen LogP contribution in [-0.2, 0) is 0 Å². The minimum atomic E-state index is -0.132. The van der Waals surface area contributed by atoms with Gasteiger partial charge in [-0.1, -0.05) is 28.9 Å². The lowest BCUT2D eigenvalue weighted by Crippen LogP contribution is -2.29. The molecular formula is C13H15BrFN. The van der Waals surface area contributed by atoms with Gasteiger partial charge in [0.15, 0.2) is 0 Å². The molecule has 1 aliphatic heterocycles. The first-order valence-corrected chi connectivity index (χ1v) is 6.37. The molecule has 1 heterocycles. The molecule has 16 heavy (non-hydrogen) atoms. The van der Waals surface area contributed by atoms with Crippen LogP contribution in [0.2, 0.25) is 0 Å². The minimum Gasteiger partial charge on any atom is -0.299 e. The molecule has 1 aromatic rings. The molecule has 0 bridgehead atoms. The Bertz CT molecular complexity index is 414. The van der Waals surface area contributed by atoms with E-state index in [9.17, 15) is 4.39 Å². The van der Waals surface area contributed by atoms with Gasteiger partial charge >= 0.3 is 0 Å². The fourth-order valence-electron chi connectivity index (χ4n) is 2.01. The van der Waals surface area contributed by atoms with Gasteiger partial charge in [-0.15, -0.1) is 0 Å². The fraction of sp³-hybridized carbons (Fsp3) is 0.385. The smallest absolute Gasteiger partial charge is 0.130 e. The molecule has 3 heteroatoms. The highest BCUT2D eigenvalue weighted by molar-refractivity contribution is 9.10. The highest BCUT2D eigenvalue weighted by atomic mass is 79.9. The summed E-state index contributed by atoms with van der Waals surface area (Å²) in [6.45, 7) is 5.09. The fourth-order valence-corrected chi connectivity index (χ4v) is 2.38. The maximum absolute atomic E-state index is 13.7. The highest BCUT2D eigenvalue weighted by Gasteiger charge is 2.15. The lowest BCUT2D eigenvalue weighted by molar-refractivity contribution is 0.321. The van der Waals surface area contributed by atoms with Gasteiger partial charge < -0.3 is 0 Å². The van der Waals surface area contributed by atoms with Crippen LogP contribution in [-0.4, -0.2) is 24.5 Å². The third kappa shape index (κ3) is 2.53. The molecule has 0 N–H and O–H groups in total. The molecule has 0 amide bonds. The molecule has 0 atom stereocenters. The Morgan fingerprint density at radius 2 is 2.25 bits per heavy atom. The van der Waals surface area contributed by atoms with E-state index in [1.807, 2.05) is 6.07 Å². The quantitative estimate of drug-likeness (QED) is 0.800. The van der Waals surface area contributed by atoms with Crippen molar-refractivity contribution in [3.63, 3.8) is 0 Å². The average molecular weight is 284 g/mol. The van der Waals surface area contributed by atoms with Crippen LogP contribution in [0.3, 0.4) is 0 Å². The third-order valence-corrected chi connectivity index (χ3v) is 3.44. The SMILES string of the molecule is CCN1CCC=C(c2cc(Br)ccc2F)C1. The van der Waals surface area contributed by atoms with Crippen molar-refractivity contribution in [2.24, 2.45) is 0 Å². The molecule has 0 aromatic heterocycles. The van der Waals surface area contributed by atoms with Gasteiger partial charge in [0.2, 0.25) is 0 Å². The zero-order chi connectivity index (χ0) is 11.5. The van der Waals surface area contributed by atoms with E-state index in [2.05, 4.69) is 33.8 Å². The van der Waals surface area contributed by atoms with Crippen molar-refractivity contribution in [1.82, 2.24) is 4.90 Å². The first kappa shape index (κ1) is 11.8. The van der Waals surface area contributed by atoms with Gasteiger partial charge in [0.25, 0.3) is 0 Å². The summed E-state index contributed by atoms with van der Waals surface area (Å²) in [5, 5.41) is 0. The van der Waals surface area contributed by atoms with Crippen molar-refractivity contribution in [2.45, 2.75) is 13.3 Å². The second-order valence-corrected chi connectivity index (χ2v) is 4.93. The Balaban J connectivity index is 2.30. The summed E-state index contributed by atoms with van der Waals surface area (Å²) in [5.41, 5.74) is 1.83. The molecule has 1 nitrogen and oxygen atoms in total. The van der Waals surface area contributed by atoms with Crippen molar-refractivity contribution in [1.29, 1.82) is 0 Å². The molecule has 86 valence electrons. The van der Waals surface area contributed by atoms with Crippen LogP contribution >= 0.6 is 15.9 Å². The van der Waals surface area contributed by atoms with E-state index in [1.165, 1.54) is 6.07 Å². The lowest BCUT2D eigenvalue weighted by Gasteiger charge is -2.26. The monoisotopic (exact) mass is 283 g/mol. The standard InChI is InChI=1S/C13H15BrFN/c1-2-16-7-3-4-10(9-16)12-8-11(14)5-6-13(12)15/h4-6,8H,2-3,7,9H2,1H3. The number of hydrogen-bond donors (Lipinski definition) is 0. The first-order valence-electron chi connectivity index (χ1n) is 5.57. The Hall–Kier alpha value is -0.670. The van der Waals surface area contributed by atoms with E-state index < -0.39 is 0 Å². The maximum atomic E-state index is 13.7. The van der Waals surface area contributed by atoms with Gasteiger partial charge in [0, 0.05) is 23.1 Å². The summed E-state index contributed by atoms with van der Waals surface area (Å²) in [7, 11) is 0. The van der Waals surface area contributed by atoms with E-state index in [-0.39, 0.29) is 5.82 Å². The maximum Gasteiger partial charge on any atom is 0.130 e. The molecule has 0 saturated carbocycles. The van der Waals surface area contributed by atoms with Gasteiger partial charge in [-0.05, 0) is 36.7 Å². The van der Waals surface area contributed by atoms with Gasteiger partial charge in [-0.25, -0.2) is 4.39 Å². The minimum absolute atomic E-state index is 0.132. The van der Waals surface area contributed by atoms with Crippen molar-refractivity contribution >= 4 is 21.5 Å². The van der Waals surface area contributed by atoms with Crippen molar-refractivity contribution in [3.8, 4) is 0 Å². The number of likely N-dealkylation sites (N-methyl/N-ethyl adjacent to an activating group) is 1. The van der Waals surface area contributed by atoms with E-state index in [1.54, 1.807) is 6.07 Å². The van der Waals surface area contributed by atoms with Crippen LogP contribution < -0.4 is 0 Å². The number of hydrogen-bond acceptors (Lipinski definition) is 1. The van der Waals surface area contributed by atoms with Crippen LogP contribution in [0.25, 0.3) is 5.57 Å². The van der Waals surface area contributed by atoms with E-state index in [4.69, 9.17) is 0 Å². The van der Waals surface area contributed by atoms with Crippen molar-refractivity contribution < 1.29 is 4.39 Å². The summed E-state index contributed by atoms with van der Waals surface area (Å²) in [6, 6.07) is 5.12. The largest absolute Gasteiger partial charge is 0.299 e. The number of nitrogens with zero attached hydrogens (tertiary/aromatic N) is 1. The molecular weight excluding hydrogens is 269 g/mol. The Labute approximate surface area is 104 Å². The predicted octanol–water partition coefficient (Wildman–Crippen LogP) is 3.70. The summed E-state index contributed by atoms with van der Waals surface area (Å²) in [5.74, 6) is -0.132. The molecule has 1 aromatic carbocycles. The normalized spacial score (nSPS) is 17.3. The van der Waals surface area contributed by atoms with Gasteiger partial charge in [-0.2, -0.15) is 0 Å². The van der Waals surface area contributed by atoms with Crippen LogP contribution in [0.15, 0.2) is 28.7 Å². The molecule has 0 fully saturated rings. The van der Waals surface area contributed by atoms with Crippen LogP contribution in [0, 0.1) is 5.82 Å². The van der Waals surface area contributed by atoms with Crippen molar-refractivity contribution in [2.75, 3.05) is 19.6 Å². The summed E-state index contributed by atoms with van der Waals surface area (Å²) in [6.07, 6.45) is 3.16. The van der Waals surface area contributed by atoms with Gasteiger partial charge in [-0.3, -0.25) is 4.90 Å². The Kier molecular flexibility index (Phi) is 3.77. The van der Waals surface area contributed by atoms with Crippen LogP contribution in [0.4, 0.5) is 4.39 Å². The molecule has 0 spiro atoms. The molecule has 2 rings (SSSR count). The summed E-state index contributed by atoms with van der Waals surface area (Å²) >= 11 is 3.39. The van der Waals surface area contributed by atoms with Gasteiger partial charge in [0.1, 0.15) is 5.82 Å². The summed E-state index contributed by atoms with van der Waals surface area (Å²) in [4.78, 5) is 2.33. The zero-order valence-corrected chi connectivity index (χ0v) is 10.9. The number of rotatable bonds is 2. The second-order valence-electron chi connectivity index (χ2n) is 4.01. The molecule has 0 radical (unpaired) electrons. The predicted molar refractivity (Wildman–Crippen MR) is 68.8 cm³/mol. The van der Waals surface area contributed by atoms with Crippen molar-refractivity contribution in [3.05, 3.63) is 40.1 Å². The first-order chi connectivity index (χ1) is 7.70.